The van der Waals surface area contributed by atoms with Gasteiger partial charge in [0.15, 0.2) is 11.6 Å². The Morgan fingerprint density at radius 1 is 1.21 bits per heavy atom. The second-order valence-electron chi connectivity index (χ2n) is 8.20. The number of carbonyl (C=O) groups is 1. The fraction of sp³-hybridized carbons (Fsp3) is 0.500. The van der Waals surface area contributed by atoms with Crippen molar-refractivity contribution < 1.29 is 18.3 Å². The number of nitriles is 1. The largest absolute Gasteiger partial charge is 0.360 e. The van der Waals surface area contributed by atoms with E-state index in [9.17, 15) is 13.6 Å². The summed E-state index contributed by atoms with van der Waals surface area (Å²) in [6, 6.07) is 5.51. The molecule has 2 heterocycles. The third kappa shape index (κ3) is 5.28. The molecule has 3 rings (SSSR count). The van der Waals surface area contributed by atoms with Gasteiger partial charge in [-0.25, -0.2) is 13.8 Å². The molecule has 7 nitrogen and oxygen atoms in total. The number of aromatic nitrogens is 2. The van der Waals surface area contributed by atoms with Crippen molar-refractivity contribution in [3.05, 3.63) is 53.5 Å². The van der Waals surface area contributed by atoms with Gasteiger partial charge in [-0.2, -0.15) is 5.26 Å². The third-order valence-electron chi connectivity index (χ3n) is 6.21. The number of anilines is 1. The molecule has 1 aliphatic rings. The van der Waals surface area contributed by atoms with Gasteiger partial charge in [0.2, 0.25) is 5.91 Å². The number of hydrogen-bond acceptors (Lipinski definition) is 6. The van der Waals surface area contributed by atoms with Crippen LogP contribution in [0.15, 0.2) is 30.7 Å². The summed E-state index contributed by atoms with van der Waals surface area (Å²) in [5.41, 5.74) is -0.784. The van der Waals surface area contributed by atoms with Crippen molar-refractivity contribution in [2.45, 2.75) is 51.7 Å². The maximum atomic E-state index is 14.3. The average molecular weight is 458 g/mol. The molecule has 0 saturated heterocycles. The van der Waals surface area contributed by atoms with Crippen molar-refractivity contribution in [1.29, 1.82) is 5.26 Å². The second kappa shape index (κ2) is 10.7. The first kappa shape index (κ1) is 24.5. The van der Waals surface area contributed by atoms with Crippen LogP contribution in [0.25, 0.3) is 0 Å². The Hall–Kier alpha value is -3.12. The first-order valence-corrected chi connectivity index (χ1v) is 11.2. The molecule has 1 unspecified atom stereocenters. The highest BCUT2D eigenvalue weighted by Crippen LogP contribution is 2.46. The van der Waals surface area contributed by atoms with Crippen molar-refractivity contribution in [1.82, 2.24) is 14.9 Å². The van der Waals surface area contributed by atoms with Crippen LogP contribution in [0.5, 0.6) is 0 Å². The van der Waals surface area contributed by atoms with Crippen molar-refractivity contribution in [2.75, 3.05) is 31.1 Å². The van der Waals surface area contributed by atoms with E-state index in [0.29, 0.717) is 38.0 Å². The number of likely N-dealkylation sites (N-methyl/N-ethyl adjacent to an activating group) is 2. The van der Waals surface area contributed by atoms with Gasteiger partial charge in [0.05, 0.1) is 29.1 Å². The fourth-order valence-corrected chi connectivity index (χ4v) is 4.25. The lowest BCUT2D eigenvalue weighted by atomic mass is 9.74. The Balaban J connectivity index is 1.66. The molecule has 0 aliphatic heterocycles. The first-order chi connectivity index (χ1) is 15.8. The summed E-state index contributed by atoms with van der Waals surface area (Å²) in [5.74, 6) is -1.02. The van der Waals surface area contributed by atoms with E-state index >= 15 is 0 Å². The number of hydrogen-bond donors (Lipinski definition) is 0. The lowest BCUT2D eigenvalue weighted by molar-refractivity contribution is -0.154. The molecule has 0 radical (unpaired) electrons. The summed E-state index contributed by atoms with van der Waals surface area (Å²) in [7, 11) is 0. The Bertz CT molecular complexity index is 985. The monoisotopic (exact) mass is 457 g/mol. The summed E-state index contributed by atoms with van der Waals surface area (Å²) in [4.78, 5) is 24.6. The summed E-state index contributed by atoms with van der Waals surface area (Å²) in [6.45, 7) is 7.18. The van der Waals surface area contributed by atoms with E-state index in [2.05, 4.69) is 16.0 Å². The van der Waals surface area contributed by atoms with E-state index in [1.165, 1.54) is 6.20 Å². The maximum Gasteiger partial charge on any atom is 0.248 e. The summed E-state index contributed by atoms with van der Waals surface area (Å²) >= 11 is 0. The van der Waals surface area contributed by atoms with Crippen LogP contribution in [0.1, 0.15) is 51.2 Å². The molecule has 2 aromatic rings. The highest BCUT2D eigenvalue weighted by Gasteiger charge is 2.44. The van der Waals surface area contributed by atoms with Crippen molar-refractivity contribution in [2.24, 2.45) is 0 Å². The van der Waals surface area contributed by atoms with Crippen LogP contribution in [0.2, 0.25) is 0 Å². The van der Waals surface area contributed by atoms with Crippen LogP contribution in [0, 0.1) is 23.0 Å². The average Bonchev–Trinajstić information content (AvgIpc) is 2.79. The van der Waals surface area contributed by atoms with Gasteiger partial charge in [0, 0.05) is 31.9 Å². The molecule has 1 amide bonds. The number of ether oxygens (including phenoxy) is 1. The van der Waals surface area contributed by atoms with Crippen LogP contribution < -0.4 is 4.90 Å². The fourth-order valence-electron chi connectivity index (χ4n) is 4.25. The van der Waals surface area contributed by atoms with Gasteiger partial charge in [-0.05, 0) is 52.2 Å². The number of halogens is 2. The summed E-state index contributed by atoms with van der Waals surface area (Å²) in [6.07, 6.45) is 5.15. The van der Waals surface area contributed by atoms with Crippen molar-refractivity contribution in [3.63, 3.8) is 0 Å². The topological polar surface area (TPSA) is 82.3 Å². The highest BCUT2D eigenvalue weighted by molar-refractivity contribution is 5.77. The van der Waals surface area contributed by atoms with Gasteiger partial charge in [0.1, 0.15) is 18.5 Å². The molecule has 0 spiro atoms. The van der Waals surface area contributed by atoms with Gasteiger partial charge < -0.3 is 14.5 Å². The van der Waals surface area contributed by atoms with Gasteiger partial charge in [-0.15, -0.1) is 0 Å². The Kier molecular flexibility index (Phi) is 7.92. The minimum atomic E-state index is -1.13. The predicted molar refractivity (Wildman–Crippen MR) is 119 cm³/mol. The molecular formula is C24H29F2N5O2. The number of amides is 1. The molecule has 1 fully saturated rings. The molecule has 176 valence electrons. The maximum absolute atomic E-state index is 14.3. The molecule has 9 heteroatoms. The number of carbonyl (C=O) groups excluding carboxylic acids is 1. The normalized spacial score (nSPS) is 15.3. The van der Waals surface area contributed by atoms with Gasteiger partial charge in [0.25, 0.3) is 0 Å². The second-order valence-corrected chi connectivity index (χ2v) is 8.20. The lowest BCUT2D eigenvalue weighted by Gasteiger charge is -2.42. The van der Waals surface area contributed by atoms with Crippen LogP contribution in [-0.4, -0.2) is 53.1 Å². The Morgan fingerprint density at radius 3 is 2.39 bits per heavy atom. The van der Waals surface area contributed by atoms with Gasteiger partial charge in [-0.3, -0.25) is 9.78 Å². The summed E-state index contributed by atoms with van der Waals surface area (Å²) in [5, 5.41) is 8.97. The molecule has 1 aliphatic carbocycles. The minimum absolute atomic E-state index is 0.0490. The quantitative estimate of drug-likeness (QED) is 0.540. The lowest BCUT2D eigenvalue weighted by Crippen LogP contribution is -2.47. The van der Waals surface area contributed by atoms with E-state index < -0.39 is 17.2 Å². The minimum Gasteiger partial charge on any atom is -0.360 e. The van der Waals surface area contributed by atoms with Crippen LogP contribution in [0.3, 0.4) is 0 Å². The number of pyridine rings is 2. The first-order valence-electron chi connectivity index (χ1n) is 11.2. The molecular weight excluding hydrogens is 428 g/mol. The third-order valence-corrected chi connectivity index (χ3v) is 6.21. The molecule has 2 aromatic heterocycles. The Morgan fingerprint density at radius 2 is 1.91 bits per heavy atom. The van der Waals surface area contributed by atoms with Crippen molar-refractivity contribution in [3.8, 4) is 6.07 Å². The van der Waals surface area contributed by atoms with E-state index in [1.807, 2.05) is 25.7 Å². The van der Waals surface area contributed by atoms with E-state index in [0.717, 1.165) is 24.6 Å². The molecule has 0 bridgehead atoms. The van der Waals surface area contributed by atoms with Crippen LogP contribution >= 0.6 is 0 Å². The standard InChI is InChI=1S/C24H29F2N5O2/c1-4-30(15-17(3)31(5-2)21-8-7-18(11-27)12-29-21)22(32)16-33-24(9-6-10-24)23-19(25)13-28-14-20(23)26/h7-8,12-14,17H,4-6,9-10,15-16H2,1-3H3. The highest BCUT2D eigenvalue weighted by atomic mass is 19.1. The van der Waals surface area contributed by atoms with Gasteiger partial charge in [-0.1, -0.05) is 0 Å². The Labute approximate surface area is 193 Å². The zero-order chi connectivity index (χ0) is 24.0. The zero-order valence-electron chi connectivity index (χ0n) is 19.2. The number of nitrogens with zero attached hydrogens (tertiary/aromatic N) is 5. The molecule has 0 N–H and O–H groups in total. The molecule has 0 aromatic carbocycles. The van der Waals surface area contributed by atoms with E-state index in [1.54, 1.807) is 17.0 Å². The summed E-state index contributed by atoms with van der Waals surface area (Å²) < 4.78 is 34.5. The van der Waals surface area contributed by atoms with Crippen LogP contribution in [0.4, 0.5) is 14.6 Å². The van der Waals surface area contributed by atoms with E-state index in [-0.39, 0.29) is 24.1 Å². The predicted octanol–water partition coefficient (Wildman–Crippen LogP) is 3.79. The SMILES string of the molecule is CCN(CC(C)N(CC)c1ccc(C#N)cn1)C(=O)COC1(c2c(F)cncc2F)CCC1. The smallest absolute Gasteiger partial charge is 0.248 e. The molecule has 1 atom stereocenters. The van der Waals surface area contributed by atoms with Crippen molar-refractivity contribution >= 4 is 11.7 Å². The van der Waals surface area contributed by atoms with Crippen LogP contribution in [-0.2, 0) is 15.1 Å². The van der Waals surface area contributed by atoms with Gasteiger partial charge >= 0.3 is 0 Å². The number of rotatable bonds is 10. The zero-order valence-corrected chi connectivity index (χ0v) is 19.2. The molecule has 1 saturated carbocycles. The molecule has 33 heavy (non-hydrogen) atoms. The van der Waals surface area contributed by atoms with E-state index in [4.69, 9.17) is 10.00 Å².